The van der Waals surface area contributed by atoms with Crippen molar-refractivity contribution < 1.29 is 10.2 Å². The van der Waals surface area contributed by atoms with Crippen molar-refractivity contribution in [3.63, 3.8) is 0 Å². The fourth-order valence-corrected chi connectivity index (χ4v) is 4.38. The fourth-order valence-electron chi connectivity index (χ4n) is 4.38. The normalized spacial score (nSPS) is 16.7. The van der Waals surface area contributed by atoms with Crippen molar-refractivity contribution in [2.75, 3.05) is 19.7 Å². The molecule has 4 rings (SSSR count). The van der Waals surface area contributed by atoms with Gasteiger partial charge in [0.1, 0.15) is 0 Å². The summed E-state index contributed by atoms with van der Waals surface area (Å²) in [5, 5.41) is 19.7. The van der Waals surface area contributed by atoms with E-state index in [1.807, 2.05) is 36.4 Å². The Morgan fingerprint density at radius 3 is 2.44 bits per heavy atom. The molecule has 7 heteroatoms. The van der Waals surface area contributed by atoms with E-state index in [0.29, 0.717) is 12.6 Å². The van der Waals surface area contributed by atoms with Crippen LogP contribution in [0.3, 0.4) is 0 Å². The Morgan fingerprint density at radius 2 is 1.79 bits per heavy atom. The Bertz CT molecular complexity index is 1210. The van der Waals surface area contributed by atoms with Gasteiger partial charge < -0.3 is 20.9 Å². The maximum absolute atomic E-state index is 11.6. The average Bonchev–Trinajstić information content (AvgIpc) is 3.32. The molecule has 2 atom stereocenters. The minimum atomic E-state index is -0.587. The third kappa shape index (κ3) is 5.72. The molecule has 0 spiro atoms. The molecule has 1 aliphatic rings. The Labute approximate surface area is 199 Å². The molecule has 0 saturated carbocycles. The van der Waals surface area contributed by atoms with Crippen LogP contribution in [0.25, 0.3) is 0 Å². The van der Waals surface area contributed by atoms with Gasteiger partial charge in [0.15, 0.2) is 0 Å². The Morgan fingerprint density at radius 1 is 1.12 bits per heavy atom. The lowest BCUT2D eigenvalue weighted by Crippen LogP contribution is -2.34. The van der Waals surface area contributed by atoms with Gasteiger partial charge in [0.05, 0.1) is 18.6 Å². The fraction of sp³-hybridized carbons (Fsp3) is 0.333. The highest BCUT2D eigenvalue weighted by Gasteiger charge is 2.22. The number of aromatic hydroxyl groups is 1. The molecule has 1 aliphatic heterocycles. The second kappa shape index (κ2) is 11.1. The summed E-state index contributed by atoms with van der Waals surface area (Å²) in [6.07, 6.45) is 3.91. The maximum Gasteiger partial charge on any atom is 0.293 e. The number of aliphatic hydroxyl groups excluding tert-OH is 1. The van der Waals surface area contributed by atoms with E-state index in [1.165, 1.54) is 24.7 Å². The third-order valence-corrected chi connectivity index (χ3v) is 6.41. The van der Waals surface area contributed by atoms with Gasteiger partial charge in [-0.1, -0.05) is 36.1 Å². The number of nitrogens with one attached hydrogen (secondary N) is 1. The molecule has 34 heavy (non-hydrogen) atoms. The second-order valence-corrected chi connectivity index (χ2v) is 8.68. The summed E-state index contributed by atoms with van der Waals surface area (Å²) in [6, 6.07) is 16.5. The standard InChI is InChI=1S/C27H30N4O3/c28-15-24-2-1-13-31(24)16-21-7-5-19(6-8-21)3-4-20-9-11-22(12-10-20)23(17-32)14-25-26(33)27(34)30-18-29-25/h5-12,18,23-24,32-33H,1-2,13-17,28H2,(H,29,30,34)/t23-,24+/m1/s1. The molecule has 1 fully saturated rings. The zero-order valence-electron chi connectivity index (χ0n) is 19.1. The van der Waals surface area contributed by atoms with Crippen LogP contribution in [0, 0.1) is 11.8 Å². The first-order chi connectivity index (χ1) is 16.6. The Kier molecular flexibility index (Phi) is 7.76. The van der Waals surface area contributed by atoms with Crippen molar-refractivity contribution in [2.45, 2.75) is 37.8 Å². The molecule has 2 aromatic carbocycles. The smallest absolute Gasteiger partial charge is 0.293 e. The molecule has 0 unspecified atom stereocenters. The molecule has 0 radical (unpaired) electrons. The van der Waals surface area contributed by atoms with E-state index in [1.54, 1.807) is 0 Å². The molecule has 176 valence electrons. The van der Waals surface area contributed by atoms with Crippen molar-refractivity contribution in [1.29, 1.82) is 0 Å². The van der Waals surface area contributed by atoms with Gasteiger partial charge in [0, 0.05) is 42.6 Å². The van der Waals surface area contributed by atoms with Gasteiger partial charge in [-0.3, -0.25) is 9.69 Å². The van der Waals surface area contributed by atoms with Crippen LogP contribution in [-0.4, -0.2) is 50.8 Å². The summed E-state index contributed by atoms with van der Waals surface area (Å²) in [7, 11) is 0. The van der Waals surface area contributed by atoms with Crippen LogP contribution in [0.5, 0.6) is 5.75 Å². The van der Waals surface area contributed by atoms with E-state index < -0.39 is 11.3 Å². The third-order valence-electron chi connectivity index (χ3n) is 6.41. The molecule has 2 heterocycles. The van der Waals surface area contributed by atoms with E-state index in [4.69, 9.17) is 5.73 Å². The lowest BCUT2D eigenvalue weighted by atomic mass is 9.94. The number of H-pyrrole nitrogens is 1. The predicted octanol–water partition coefficient (Wildman–Crippen LogP) is 2.12. The van der Waals surface area contributed by atoms with Gasteiger partial charge in [0.25, 0.3) is 5.56 Å². The summed E-state index contributed by atoms with van der Waals surface area (Å²) in [5.74, 6) is 5.69. The van der Waals surface area contributed by atoms with Crippen molar-refractivity contribution in [2.24, 2.45) is 5.73 Å². The number of rotatable bonds is 7. The largest absolute Gasteiger partial charge is 0.502 e. The van der Waals surface area contributed by atoms with Gasteiger partial charge in [-0.25, -0.2) is 4.98 Å². The van der Waals surface area contributed by atoms with Crippen LogP contribution in [0.4, 0.5) is 0 Å². The van der Waals surface area contributed by atoms with Gasteiger partial charge in [-0.15, -0.1) is 0 Å². The molecule has 0 amide bonds. The van der Waals surface area contributed by atoms with Crippen molar-refractivity contribution >= 4 is 0 Å². The zero-order chi connectivity index (χ0) is 23.9. The van der Waals surface area contributed by atoms with Crippen LogP contribution >= 0.6 is 0 Å². The molecule has 5 N–H and O–H groups in total. The van der Waals surface area contributed by atoms with Gasteiger partial charge in [0.2, 0.25) is 5.75 Å². The topological polar surface area (TPSA) is 115 Å². The monoisotopic (exact) mass is 458 g/mol. The van der Waals surface area contributed by atoms with E-state index in [2.05, 4.69) is 38.8 Å². The quantitative estimate of drug-likeness (QED) is 0.403. The first-order valence-corrected chi connectivity index (χ1v) is 11.6. The number of aliphatic hydroxyl groups is 1. The summed E-state index contributed by atoms with van der Waals surface area (Å²) in [4.78, 5) is 20.4. The van der Waals surface area contributed by atoms with Gasteiger partial charge in [-0.05, 0) is 54.8 Å². The number of nitrogens with zero attached hydrogens (tertiary/aromatic N) is 2. The van der Waals surface area contributed by atoms with E-state index in [0.717, 1.165) is 29.8 Å². The van der Waals surface area contributed by atoms with Crippen LogP contribution < -0.4 is 11.3 Å². The Hall–Kier alpha value is -3.44. The molecule has 0 aliphatic carbocycles. The summed E-state index contributed by atoms with van der Waals surface area (Å²) >= 11 is 0. The lowest BCUT2D eigenvalue weighted by molar-refractivity contribution is 0.250. The molecular formula is C27H30N4O3. The van der Waals surface area contributed by atoms with Gasteiger partial charge >= 0.3 is 0 Å². The predicted molar refractivity (Wildman–Crippen MR) is 131 cm³/mol. The Balaban J connectivity index is 1.39. The van der Waals surface area contributed by atoms with Crippen molar-refractivity contribution in [1.82, 2.24) is 14.9 Å². The summed E-state index contributed by atoms with van der Waals surface area (Å²) < 4.78 is 0. The number of benzene rings is 2. The lowest BCUT2D eigenvalue weighted by Gasteiger charge is -2.23. The molecular weight excluding hydrogens is 428 g/mol. The van der Waals surface area contributed by atoms with Gasteiger partial charge in [-0.2, -0.15) is 0 Å². The SMILES string of the molecule is NC[C@@H]1CCCN1Cc1ccc(C#Cc2ccc([C@@H](CO)Cc3nc[nH]c(=O)c3O)cc2)cc1. The first kappa shape index (κ1) is 23.7. The number of likely N-dealkylation sites (tertiary alicyclic amines) is 1. The minimum Gasteiger partial charge on any atom is -0.502 e. The molecule has 3 aromatic rings. The van der Waals surface area contributed by atoms with Crippen LogP contribution in [-0.2, 0) is 13.0 Å². The summed E-state index contributed by atoms with van der Waals surface area (Å²) in [5.41, 5.74) is 9.53. The van der Waals surface area contributed by atoms with Crippen molar-refractivity contribution in [3.8, 4) is 17.6 Å². The van der Waals surface area contributed by atoms with Crippen molar-refractivity contribution in [3.05, 3.63) is 93.2 Å². The van der Waals surface area contributed by atoms with Crippen LogP contribution in [0.15, 0.2) is 59.7 Å². The number of aromatic nitrogens is 2. The molecule has 7 nitrogen and oxygen atoms in total. The number of hydrogen-bond donors (Lipinski definition) is 4. The highest BCUT2D eigenvalue weighted by Crippen LogP contribution is 2.23. The van der Waals surface area contributed by atoms with E-state index >= 15 is 0 Å². The van der Waals surface area contributed by atoms with E-state index in [9.17, 15) is 15.0 Å². The number of nitrogens with two attached hydrogens (primary N) is 1. The van der Waals surface area contributed by atoms with Crippen LogP contribution in [0.1, 0.15) is 46.7 Å². The number of hydrogen-bond acceptors (Lipinski definition) is 6. The highest BCUT2D eigenvalue weighted by atomic mass is 16.3. The van der Waals surface area contributed by atoms with E-state index in [-0.39, 0.29) is 24.6 Å². The second-order valence-electron chi connectivity index (χ2n) is 8.68. The highest BCUT2D eigenvalue weighted by molar-refractivity contribution is 5.44. The minimum absolute atomic E-state index is 0.130. The number of aromatic amines is 1. The summed E-state index contributed by atoms with van der Waals surface area (Å²) in [6.45, 7) is 2.62. The zero-order valence-corrected chi connectivity index (χ0v) is 19.1. The molecule has 1 saturated heterocycles. The molecule has 1 aromatic heterocycles. The maximum atomic E-state index is 11.6. The average molecular weight is 459 g/mol. The van der Waals surface area contributed by atoms with Crippen LogP contribution in [0.2, 0.25) is 0 Å². The molecule has 0 bridgehead atoms. The first-order valence-electron chi connectivity index (χ1n) is 11.6.